The Bertz CT molecular complexity index is 779. The molecule has 0 bridgehead atoms. The Balaban J connectivity index is 1.90. The third-order valence-electron chi connectivity index (χ3n) is 3.23. The first-order valence-corrected chi connectivity index (χ1v) is 7.79. The van der Waals surface area contributed by atoms with Crippen LogP contribution in [-0.4, -0.2) is 17.1 Å². The van der Waals surface area contributed by atoms with E-state index in [1.807, 2.05) is 54.8 Å². The van der Waals surface area contributed by atoms with Crippen LogP contribution < -0.4 is 5.32 Å². The number of nitrogens with zero attached hydrogens (tertiary/aromatic N) is 1. The van der Waals surface area contributed by atoms with Gasteiger partial charge in [-0.1, -0.05) is 18.2 Å². The second kappa shape index (κ2) is 5.97. The maximum atomic E-state index is 12.4. The molecule has 1 amide bonds. The topological polar surface area (TPSA) is 42.0 Å². The number of pyridine rings is 1. The maximum Gasteiger partial charge on any atom is 0.257 e. The van der Waals surface area contributed by atoms with Crippen molar-refractivity contribution in [1.82, 2.24) is 4.98 Å². The summed E-state index contributed by atoms with van der Waals surface area (Å²) in [7, 11) is 0. The molecule has 21 heavy (non-hydrogen) atoms. The lowest BCUT2D eigenvalue weighted by Gasteiger charge is -2.08. The fraction of sp³-hybridized carbons (Fsp3) is 0.0588. The minimum absolute atomic E-state index is 0.142. The molecule has 4 heteroatoms. The molecule has 3 nitrogen and oxygen atoms in total. The molecule has 104 valence electrons. The minimum atomic E-state index is -0.142. The van der Waals surface area contributed by atoms with Crippen LogP contribution in [0.15, 0.2) is 65.7 Å². The fourth-order valence-corrected chi connectivity index (χ4v) is 2.57. The van der Waals surface area contributed by atoms with Gasteiger partial charge in [0.15, 0.2) is 0 Å². The number of amides is 1. The summed E-state index contributed by atoms with van der Waals surface area (Å²) in [6, 6.07) is 17.2. The van der Waals surface area contributed by atoms with Gasteiger partial charge in [0.25, 0.3) is 5.91 Å². The number of hydrogen-bond donors (Lipinski definition) is 1. The van der Waals surface area contributed by atoms with Crippen LogP contribution in [0.2, 0.25) is 0 Å². The van der Waals surface area contributed by atoms with Gasteiger partial charge < -0.3 is 5.32 Å². The molecule has 0 saturated carbocycles. The Kier molecular flexibility index (Phi) is 3.88. The van der Waals surface area contributed by atoms with Gasteiger partial charge in [-0.15, -0.1) is 11.8 Å². The third-order valence-corrected chi connectivity index (χ3v) is 3.97. The third kappa shape index (κ3) is 2.90. The molecule has 0 radical (unpaired) electrons. The van der Waals surface area contributed by atoms with Crippen molar-refractivity contribution < 1.29 is 4.79 Å². The van der Waals surface area contributed by atoms with Gasteiger partial charge in [-0.05, 0) is 42.7 Å². The number of rotatable bonds is 3. The number of nitrogens with one attached hydrogen (secondary N) is 1. The Morgan fingerprint density at radius 1 is 1.05 bits per heavy atom. The van der Waals surface area contributed by atoms with E-state index in [-0.39, 0.29) is 5.91 Å². The highest BCUT2D eigenvalue weighted by atomic mass is 32.2. The molecule has 1 N–H and O–H groups in total. The van der Waals surface area contributed by atoms with Gasteiger partial charge in [0.05, 0.1) is 11.1 Å². The lowest BCUT2D eigenvalue weighted by molar-refractivity contribution is 0.102. The molecule has 1 heterocycles. The van der Waals surface area contributed by atoms with Gasteiger partial charge in [-0.3, -0.25) is 9.78 Å². The van der Waals surface area contributed by atoms with E-state index in [4.69, 9.17) is 0 Å². The van der Waals surface area contributed by atoms with Gasteiger partial charge in [-0.2, -0.15) is 0 Å². The monoisotopic (exact) mass is 294 g/mol. The van der Waals surface area contributed by atoms with Gasteiger partial charge >= 0.3 is 0 Å². The van der Waals surface area contributed by atoms with Gasteiger partial charge in [0, 0.05) is 22.2 Å². The Labute approximate surface area is 127 Å². The number of aromatic nitrogens is 1. The predicted octanol–water partition coefficient (Wildman–Crippen LogP) is 4.21. The van der Waals surface area contributed by atoms with Crippen molar-refractivity contribution in [2.24, 2.45) is 0 Å². The van der Waals surface area contributed by atoms with Crippen molar-refractivity contribution in [3.8, 4) is 0 Å². The molecule has 0 unspecified atom stereocenters. The van der Waals surface area contributed by atoms with Crippen molar-refractivity contribution in [2.45, 2.75) is 4.90 Å². The number of anilines is 1. The summed E-state index contributed by atoms with van der Waals surface area (Å²) >= 11 is 1.67. The minimum Gasteiger partial charge on any atom is -0.322 e. The number of para-hydroxylation sites is 1. The number of fused-ring (bicyclic) bond motifs is 1. The molecular formula is C17H14N2OS. The molecule has 2 aromatic carbocycles. The van der Waals surface area contributed by atoms with Crippen LogP contribution >= 0.6 is 11.8 Å². The van der Waals surface area contributed by atoms with Crippen LogP contribution in [-0.2, 0) is 0 Å². The van der Waals surface area contributed by atoms with Crippen molar-refractivity contribution in [1.29, 1.82) is 0 Å². The molecule has 0 spiro atoms. The smallest absolute Gasteiger partial charge is 0.257 e. The first-order chi connectivity index (χ1) is 10.3. The normalized spacial score (nSPS) is 10.5. The highest BCUT2D eigenvalue weighted by Crippen LogP contribution is 2.20. The van der Waals surface area contributed by atoms with Crippen LogP contribution in [0, 0.1) is 0 Å². The maximum absolute atomic E-state index is 12.4. The summed E-state index contributed by atoms with van der Waals surface area (Å²) in [5, 5.41) is 3.87. The van der Waals surface area contributed by atoms with E-state index in [0.29, 0.717) is 5.56 Å². The van der Waals surface area contributed by atoms with Gasteiger partial charge in [0.2, 0.25) is 0 Å². The summed E-state index contributed by atoms with van der Waals surface area (Å²) < 4.78 is 0. The van der Waals surface area contributed by atoms with E-state index in [1.165, 1.54) is 4.90 Å². The van der Waals surface area contributed by atoms with Crippen LogP contribution in [0.3, 0.4) is 0 Å². The van der Waals surface area contributed by atoms with Crippen LogP contribution in [0.5, 0.6) is 0 Å². The number of hydrogen-bond acceptors (Lipinski definition) is 3. The molecular weight excluding hydrogens is 280 g/mol. The summed E-state index contributed by atoms with van der Waals surface area (Å²) in [5.74, 6) is -0.142. The highest BCUT2D eigenvalue weighted by Gasteiger charge is 2.10. The first kappa shape index (κ1) is 13.6. The van der Waals surface area contributed by atoms with E-state index in [2.05, 4.69) is 10.3 Å². The average Bonchev–Trinajstić information content (AvgIpc) is 2.55. The van der Waals surface area contributed by atoms with E-state index in [9.17, 15) is 4.79 Å². The van der Waals surface area contributed by atoms with Crippen molar-refractivity contribution in [2.75, 3.05) is 11.6 Å². The lowest BCUT2D eigenvalue weighted by atomic mass is 10.1. The van der Waals surface area contributed by atoms with E-state index >= 15 is 0 Å². The van der Waals surface area contributed by atoms with E-state index < -0.39 is 0 Å². The van der Waals surface area contributed by atoms with Crippen LogP contribution in [0.25, 0.3) is 10.9 Å². The largest absolute Gasteiger partial charge is 0.322 e. The molecule has 0 aliphatic carbocycles. The van der Waals surface area contributed by atoms with Crippen LogP contribution in [0.4, 0.5) is 5.69 Å². The van der Waals surface area contributed by atoms with E-state index in [1.54, 1.807) is 24.0 Å². The Hall–Kier alpha value is -2.33. The zero-order valence-electron chi connectivity index (χ0n) is 11.5. The van der Waals surface area contributed by atoms with Gasteiger partial charge in [0.1, 0.15) is 0 Å². The molecule has 1 aromatic heterocycles. The van der Waals surface area contributed by atoms with Crippen LogP contribution in [0.1, 0.15) is 10.4 Å². The van der Waals surface area contributed by atoms with E-state index in [0.717, 1.165) is 16.6 Å². The Morgan fingerprint density at radius 3 is 2.57 bits per heavy atom. The molecule has 0 saturated heterocycles. The molecule has 3 aromatic rings. The first-order valence-electron chi connectivity index (χ1n) is 6.57. The van der Waals surface area contributed by atoms with Gasteiger partial charge in [-0.25, -0.2) is 0 Å². The van der Waals surface area contributed by atoms with Crippen molar-refractivity contribution in [3.05, 3.63) is 66.4 Å². The average molecular weight is 294 g/mol. The standard InChI is InChI=1S/C17H14N2OS/c1-21-14-9-7-13(8-10-14)19-17(20)15-6-2-4-12-5-3-11-18-16(12)15/h2-11H,1H3,(H,19,20). The summed E-state index contributed by atoms with van der Waals surface area (Å²) in [4.78, 5) is 17.9. The quantitative estimate of drug-likeness (QED) is 0.736. The molecule has 0 atom stereocenters. The summed E-state index contributed by atoms with van der Waals surface area (Å²) in [6.07, 6.45) is 3.72. The summed E-state index contributed by atoms with van der Waals surface area (Å²) in [6.45, 7) is 0. The lowest BCUT2D eigenvalue weighted by Crippen LogP contribution is -2.12. The number of benzene rings is 2. The SMILES string of the molecule is CSc1ccc(NC(=O)c2cccc3cccnc23)cc1. The highest BCUT2D eigenvalue weighted by molar-refractivity contribution is 7.98. The van der Waals surface area contributed by atoms with Crippen molar-refractivity contribution >= 4 is 34.3 Å². The fourth-order valence-electron chi connectivity index (χ4n) is 2.16. The molecule has 3 rings (SSSR count). The second-order valence-corrected chi connectivity index (χ2v) is 5.44. The predicted molar refractivity (Wildman–Crippen MR) is 87.9 cm³/mol. The zero-order valence-corrected chi connectivity index (χ0v) is 12.4. The van der Waals surface area contributed by atoms with Crippen molar-refractivity contribution in [3.63, 3.8) is 0 Å². The Morgan fingerprint density at radius 2 is 1.81 bits per heavy atom. The summed E-state index contributed by atoms with van der Waals surface area (Å²) in [5.41, 5.74) is 2.09. The zero-order chi connectivity index (χ0) is 14.7. The molecule has 0 fully saturated rings. The molecule has 0 aliphatic heterocycles. The number of thioether (sulfide) groups is 1. The number of carbonyl (C=O) groups excluding carboxylic acids is 1. The number of carbonyl (C=O) groups is 1. The molecule has 0 aliphatic rings. The second-order valence-electron chi connectivity index (χ2n) is 4.56.